The second-order valence-electron chi connectivity index (χ2n) is 5.22. The van der Waals surface area contributed by atoms with Gasteiger partial charge in [-0.2, -0.15) is 0 Å². The molecular weight excluding hydrogens is 344 g/mol. The Morgan fingerprint density at radius 2 is 2.00 bits per heavy atom. The Morgan fingerprint density at radius 3 is 2.55 bits per heavy atom. The zero-order valence-electron chi connectivity index (χ0n) is 12.2. The van der Waals surface area contributed by atoms with Gasteiger partial charge >= 0.3 is 0 Å². The van der Waals surface area contributed by atoms with Crippen molar-refractivity contribution in [3.63, 3.8) is 0 Å². The molecule has 1 aromatic rings. The number of rotatable bonds is 7. The second-order valence-corrected chi connectivity index (χ2v) is 7.72. The Bertz CT molecular complexity index is 559. The molecule has 0 fully saturated rings. The van der Waals surface area contributed by atoms with Gasteiger partial charge in [0.2, 0.25) is 10.0 Å². The molecular formula is C13H21BrN2O3S. The second kappa shape index (κ2) is 7.00. The third-order valence-corrected chi connectivity index (χ3v) is 5.27. The maximum Gasteiger partial charge on any atom is 0.242 e. The first-order valence-electron chi connectivity index (χ1n) is 6.18. The van der Waals surface area contributed by atoms with Crippen molar-refractivity contribution in [1.82, 2.24) is 10.0 Å². The molecule has 0 atom stereocenters. The Hall–Kier alpha value is -0.470. The first-order chi connectivity index (χ1) is 9.22. The van der Waals surface area contributed by atoms with Gasteiger partial charge in [0.1, 0.15) is 0 Å². The van der Waals surface area contributed by atoms with Crippen LogP contribution in [0.15, 0.2) is 27.6 Å². The van der Waals surface area contributed by atoms with Gasteiger partial charge in [0, 0.05) is 18.1 Å². The van der Waals surface area contributed by atoms with E-state index in [4.69, 9.17) is 4.74 Å². The summed E-state index contributed by atoms with van der Waals surface area (Å²) in [5, 5.41) is 3.00. The number of methoxy groups -OCH3 is 1. The number of benzene rings is 1. The fourth-order valence-corrected chi connectivity index (χ4v) is 4.29. The van der Waals surface area contributed by atoms with E-state index >= 15 is 0 Å². The first-order valence-corrected chi connectivity index (χ1v) is 8.45. The van der Waals surface area contributed by atoms with Crippen molar-refractivity contribution in [2.75, 3.05) is 20.8 Å². The average Bonchev–Trinajstić information content (AvgIpc) is 2.30. The van der Waals surface area contributed by atoms with Gasteiger partial charge in [-0.1, -0.05) is 6.07 Å². The minimum absolute atomic E-state index is 0.231. The lowest BCUT2D eigenvalue weighted by Crippen LogP contribution is -2.46. The van der Waals surface area contributed by atoms with E-state index in [1.165, 1.54) is 0 Å². The van der Waals surface area contributed by atoms with Gasteiger partial charge in [0.15, 0.2) is 0 Å². The molecule has 0 bridgehead atoms. The summed E-state index contributed by atoms with van der Waals surface area (Å²) in [7, 11) is -0.259. The molecule has 0 saturated carbocycles. The van der Waals surface area contributed by atoms with E-state index in [0.717, 1.165) is 5.56 Å². The molecule has 0 saturated heterocycles. The molecule has 114 valence electrons. The first kappa shape index (κ1) is 17.6. The molecule has 0 radical (unpaired) electrons. The predicted molar refractivity (Wildman–Crippen MR) is 83.2 cm³/mol. The summed E-state index contributed by atoms with van der Waals surface area (Å²) in [5.41, 5.74) is 0.229. The predicted octanol–water partition coefficient (Wildman–Crippen LogP) is 1.87. The fraction of sp³-hybridized carbons (Fsp3) is 0.538. The van der Waals surface area contributed by atoms with E-state index < -0.39 is 15.6 Å². The highest BCUT2D eigenvalue weighted by atomic mass is 79.9. The van der Waals surface area contributed by atoms with E-state index in [1.54, 1.807) is 33.1 Å². The van der Waals surface area contributed by atoms with E-state index in [-0.39, 0.29) is 4.90 Å². The standard InChI is InChI=1S/C13H21BrN2O3S/c1-13(2,9-19-4)16-20(17,18)12-7-10(8-15-3)5-6-11(12)14/h5-7,15-16H,8-9H2,1-4H3. The highest BCUT2D eigenvalue weighted by Gasteiger charge is 2.27. The minimum atomic E-state index is -3.62. The molecule has 5 nitrogen and oxygen atoms in total. The normalized spacial score (nSPS) is 12.7. The van der Waals surface area contributed by atoms with Crippen molar-refractivity contribution in [1.29, 1.82) is 0 Å². The lowest BCUT2D eigenvalue weighted by molar-refractivity contribution is 0.141. The van der Waals surface area contributed by atoms with Crippen LogP contribution in [0.3, 0.4) is 0 Å². The van der Waals surface area contributed by atoms with Crippen LogP contribution in [0.1, 0.15) is 19.4 Å². The zero-order chi connectivity index (χ0) is 15.4. The van der Waals surface area contributed by atoms with Crippen molar-refractivity contribution >= 4 is 26.0 Å². The molecule has 1 aromatic carbocycles. The van der Waals surface area contributed by atoms with Gasteiger partial charge in [0.25, 0.3) is 0 Å². The van der Waals surface area contributed by atoms with Crippen LogP contribution in [0, 0.1) is 0 Å². The number of hydrogen-bond donors (Lipinski definition) is 2. The number of hydrogen-bond acceptors (Lipinski definition) is 4. The van der Waals surface area contributed by atoms with Gasteiger partial charge in [-0.25, -0.2) is 13.1 Å². The topological polar surface area (TPSA) is 67.4 Å². The third kappa shape index (κ3) is 4.82. The van der Waals surface area contributed by atoms with Crippen LogP contribution in [0.4, 0.5) is 0 Å². The van der Waals surface area contributed by atoms with Crippen LogP contribution >= 0.6 is 15.9 Å². The summed E-state index contributed by atoms with van der Waals surface area (Å²) in [6.45, 7) is 4.45. The van der Waals surface area contributed by atoms with Gasteiger partial charge in [-0.05, 0) is 54.5 Å². The van der Waals surface area contributed by atoms with E-state index in [2.05, 4.69) is 26.0 Å². The smallest absolute Gasteiger partial charge is 0.242 e. The molecule has 7 heteroatoms. The minimum Gasteiger partial charge on any atom is -0.383 e. The van der Waals surface area contributed by atoms with Crippen LogP contribution in [0.5, 0.6) is 0 Å². The highest BCUT2D eigenvalue weighted by molar-refractivity contribution is 9.10. The number of ether oxygens (including phenoxy) is 1. The lowest BCUT2D eigenvalue weighted by atomic mass is 10.1. The Balaban J connectivity index is 3.11. The van der Waals surface area contributed by atoms with Crippen molar-refractivity contribution < 1.29 is 13.2 Å². The number of halogens is 1. The van der Waals surface area contributed by atoms with Gasteiger partial charge in [0.05, 0.1) is 17.0 Å². The molecule has 0 aliphatic rings. The molecule has 0 unspecified atom stereocenters. The van der Waals surface area contributed by atoms with Gasteiger partial charge in [-0.3, -0.25) is 0 Å². The maximum absolute atomic E-state index is 12.5. The molecule has 0 aromatic heterocycles. The summed E-state index contributed by atoms with van der Waals surface area (Å²) in [6.07, 6.45) is 0. The lowest BCUT2D eigenvalue weighted by Gasteiger charge is -2.25. The molecule has 20 heavy (non-hydrogen) atoms. The number of sulfonamides is 1. The van der Waals surface area contributed by atoms with Crippen LogP contribution in [0.2, 0.25) is 0 Å². The van der Waals surface area contributed by atoms with Crippen molar-refractivity contribution in [2.45, 2.75) is 30.8 Å². The average molecular weight is 365 g/mol. The molecule has 0 aliphatic heterocycles. The van der Waals surface area contributed by atoms with Crippen LogP contribution in [0.25, 0.3) is 0 Å². The Labute approximate surface area is 129 Å². The molecule has 2 N–H and O–H groups in total. The van der Waals surface area contributed by atoms with E-state index in [0.29, 0.717) is 17.6 Å². The van der Waals surface area contributed by atoms with Gasteiger partial charge < -0.3 is 10.1 Å². The fourth-order valence-electron chi connectivity index (χ4n) is 1.88. The molecule has 0 amide bonds. The number of nitrogens with one attached hydrogen (secondary N) is 2. The van der Waals surface area contributed by atoms with Crippen molar-refractivity contribution in [2.24, 2.45) is 0 Å². The van der Waals surface area contributed by atoms with Crippen LogP contribution < -0.4 is 10.0 Å². The van der Waals surface area contributed by atoms with Crippen molar-refractivity contribution in [3.05, 3.63) is 28.2 Å². The van der Waals surface area contributed by atoms with Crippen molar-refractivity contribution in [3.8, 4) is 0 Å². The summed E-state index contributed by atoms with van der Waals surface area (Å²) in [6, 6.07) is 5.27. The zero-order valence-corrected chi connectivity index (χ0v) is 14.6. The highest BCUT2D eigenvalue weighted by Crippen LogP contribution is 2.24. The monoisotopic (exact) mass is 364 g/mol. The molecule has 0 spiro atoms. The summed E-state index contributed by atoms with van der Waals surface area (Å²) < 4.78 is 33.2. The Morgan fingerprint density at radius 1 is 1.35 bits per heavy atom. The Kier molecular flexibility index (Phi) is 6.15. The largest absolute Gasteiger partial charge is 0.383 e. The summed E-state index contributed by atoms with van der Waals surface area (Å²) >= 11 is 3.29. The maximum atomic E-state index is 12.5. The third-order valence-electron chi connectivity index (χ3n) is 2.58. The van der Waals surface area contributed by atoms with Crippen LogP contribution in [-0.2, 0) is 21.3 Å². The SMILES string of the molecule is CNCc1ccc(Br)c(S(=O)(=O)NC(C)(C)COC)c1. The van der Waals surface area contributed by atoms with E-state index in [9.17, 15) is 8.42 Å². The quantitative estimate of drug-likeness (QED) is 0.774. The molecule has 0 aliphatic carbocycles. The molecule has 1 rings (SSSR count). The van der Waals surface area contributed by atoms with E-state index in [1.807, 2.05) is 13.1 Å². The summed E-state index contributed by atoms with van der Waals surface area (Å²) in [4.78, 5) is 0.231. The molecule has 0 heterocycles. The van der Waals surface area contributed by atoms with Gasteiger partial charge in [-0.15, -0.1) is 0 Å². The summed E-state index contributed by atoms with van der Waals surface area (Å²) in [5.74, 6) is 0. The van der Waals surface area contributed by atoms with Crippen LogP contribution in [-0.4, -0.2) is 34.7 Å².